The second-order valence-electron chi connectivity index (χ2n) is 8.48. The number of ether oxygens (including phenoxy) is 2. The van der Waals surface area contributed by atoms with Crippen molar-refractivity contribution in [3.8, 4) is 17.2 Å². The Labute approximate surface area is 218 Å². The molecule has 0 aliphatic carbocycles. The molecule has 0 saturated carbocycles. The van der Waals surface area contributed by atoms with E-state index < -0.39 is 11.7 Å². The molecule has 2 aromatic heterocycles. The predicted molar refractivity (Wildman–Crippen MR) is 144 cm³/mol. The van der Waals surface area contributed by atoms with Crippen LogP contribution in [0.25, 0.3) is 16.7 Å². The number of halogens is 1. The van der Waals surface area contributed by atoms with Gasteiger partial charge in [-0.2, -0.15) is 4.98 Å². The van der Waals surface area contributed by atoms with E-state index in [-0.39, 0.29) is 22.4 Å². The first-order valence-electron chi connectivity index (χ1n) is 11.6. The van der Waals surface area contributed by atoms with Gasteiger partial charge in [-0.15, -0.1) is 0 Å². The van der Waals surface area contributed by atoms with Gasteiger partial charge in [0.1, 0.15) is 23.9 Å². The van der Waals surface area contributed by atoms with Gasteiger partial charge in [0.15, 0.2) is 11.1 Å². The second-order valence-corrected chi connectivity index (χ2v) is 8.48. The van der Waals surface area contributed by atoms with Crippen molar-refractivity contribution in [2.24, 2.45) is 0 Å². The maximum atomic E-state index is 13.9. The third kappa shape index (κ3) is 5.95. The zero-order chi connectivity index (χ0) is 27.2. The van der Waals surface area contributed by atoms with Crippen molar-refractivity contribution in [3.05, 3.63) is 83.6 Å². The van der Waals surface area contributed by atoms with Crippen LogP contribution in [0.2, 0.25) is 0 Å². The molecule has 0 atom stereocenters. The van der Waals surface area contributed by atoms with Crippen molar-refractivity contribution in [1.82, 2.24) is 19.4 Å². The highest BCUT2D eigenvalue weighted by Gasteiger charge is 2.16. The van der Waals surface area contributed by atoms with E-state index in [1.807, 2.05) is 19.0 Å². The number of carbonyl (C=O) groups excluding carboxylic acids is 1. The fraction of sp³-hybridized carbons (Fsp3) is 0.185. The van der Waals surface area contributed by atoms with Crippen LogP contribution in [0.15, 0.2) is 72.3 Å². The minimum absolute atomic E-state index is 0.147. The van der Waals surface area contributed by atoms with Crippen LogP contribution in [0.5, 0.6) is 11.5 Å². The Morgan fingerprint density at radius 2 is 2.00 bits per heavy atom. The Balaban J connectivity index is 1.76. The Bertz CT molecular complexity index is 1550. The van der Waals surface area contributed by atoms with E-state index in [2.05, 4.69) is 27.2 Å². The minimum atomic E-state index is -0.423. The standard InChI is InChI=1S/C27H27FN6O4/c1-5-25(36)30-21-14-20(23(37-4)15-24(21)38-12-11-33(2)3)31-27-29-16-19-22(35)9-10-34(26(19)32-27)18-8-6-7-17(28)13-18/h5-10,13-16H,1,11-12H2,2-4H3,(H,30,36)(H,29,31,32). The van der Waals surface area contributed by atoms with Crippen LogP contribution in [0, 0.1) is 5.82 Å². The molecule has 2 N–H and O–H groups in total. The summed E-state index contributed by atoms with van der Waals surface area (Å²) >= 11 is 0. The van der Waals surface area contributed by atoms with Crippen molar-refractivity contribution < 1.29 is 18.7 Å². The zero-order valence-electron chi connectivity index (χ0n) is 21.2. The summed E-state index contributed by atoms with van der Waals surface area (Å²) in [5, 5.41) is 6.08. The van der Waals surface area contributed by atoms with E-state index in [1.54, 1.807) is 28.8 Å². The first kappa shape index (κ1) is 26.3. The van der Waals surface area contributed by atoms with Gasteiger partial charge < -0.3 is 29.6 Å². The average Bonchev–Trinajstić information content (AvgIpc) is 2.89. The van der Waals surface area contributed by atoms with E-state index in [9.17, 15) is 14.0 Å². The first-order chi connectivity index (χ1) is 18.3. The summed E-state index contributed by atoms with van der Waals surface area (Å²) in [5.41, 5.74) is 1.32. The molecular formula is C27H27FN6O4. The number of aromatic nitrogens is 3. The summed E-state index contributed by atoms with van der Waals surface area (Å²) in [6, 6.07) is 10.6. The number of nitrogens with zero attached hydrogens (tertiary/aromatic N) is 4. The van der Waals surface area contributed by atoms with Crippen LogP contribution >= 0.6 is 0 Å². The molecule has 196 valence electrons. The molecule has 10 nitrogen and oxygen atoms in total. The van der Waals surface area contributed by atoms with E-state index in [4.69, 9.17) is 9.47 Å². The molecule has 38 heavy (non-hydrogen) atoms. The fourth-order valence-electron chi connectivity index (χ4n) is 3.61. The monoisotopic (exact) mass is 518 g/mol. The van der Waals surface area contributed by atoms with Gasteiger partial charge in [-0.05, 0) is 44.4 Å². The normalized spacial score (nSPS) is 10.9. The Kier molecular flexibility index (Phi) is 7.97. The number of likely N-dealkylation sites (N-methyl/N-ethyl adjacent to an activating group) is 1. The number of pyridine rings is 1. The van der Waals surface area contributed by atoms with Gasteiger partial charge in [-0.1, -0.05) is 12.6 Å². The molecule has 2 heterocycles. The quantitative estimate of drug-likeness (QED) is 0.306. The molecule has 0 bridgehead atoms. The molecule has 0 spiro atoms. The molecule has 11 heteroatoms. The molecule has 4 rings (SSSR count). The van der Waals surface area contributed by atoms with Crippen LogP contribution in [0.4, 0.5) is 21.7 Å². The first-order valence-corrected chi connectivity index (χ1v) is 11.6. The number of hydrogen-bond acceptors (Lipinski definition) is 8. The summed E-state index contributed by atoms with van der Waals surface area (Å²) in [7, 11) is 5.35. The highest BCUT2D eigenvalue weighted by molar-refractivity contribution is 6.00. The highest BCUT2D eigenvalue weighted by atomic mass is 19.1. The number of amides is 1. The maximum Gasteiger partial charge on any atom is 0.247 e. The summed E-state index contributed by atoms with van der Waals surface area (Å²) in [5.74, 6) is 0.117. The van der Waals surface area contributed by atoms with Gasteiger partial charge in [0.2, 0.25) is 11.9 Å². The number of rotatable bonds is 10. The number of benzene rings is 2. The van der Waals surface area contributed by atoms with Crippen molar-refractivity contribution in [2.45, 2.75) is 0 Å². The summed E-state index contributed by atoms with van der Waals surface area (Å²) in [6.07, 6.45) is 4.08. The van der Waals surface area contributed by atoms with Gasteiger partial charge in [0.05, 0.1) is 23.9 Å². The van der Waals surface area contributed by atoms with Crippen molar-refractivity contribution in [2.75, 3.05) is 45.0 Å². The lowest BCUT2D eigenvalue weighted by atomic mass is 10.2. The number of fused-ring (bicyclic) bond motifs is 1. The third-order valence-electron chi connectivity index (χ3n) is 5.51. The summed E-state index contributed by atoms with van der Waals surface area (Å²) in [6.45, 7) is 4.54. The smallest absolute Gasteiger partial charge is 0.247 e. The molecule has 0 saturated heterocycles. The van der Waals surface area contributed by atoms with Crippen LogP contribution in [0.1, 0.15) is 0 Å². The fourth-order valence-corrected chi connectivity index (χ4v) is 3.61. The van der Waals surface area contributed by atoms with Crippen molar-refractivity contribution in [1.29, 1.82) is 0 Å². The number of methoxy groups -OCH3 is 1. The molecule has 0 aliphatic rings. The number of anilines is 3. The topological polar surface area (TPSA) is 111 Å². The molecule has 0 unspecified atom stereocenters. The van der Waals surface area contributed by atoms with E-state index in [0.717, 1.165) is 6.08 Å². The largest absolute Gasteiger partial charge is 0.494 e. The molecule has 2 aromatic carbocycles. The number of nitrogens with one attached hydrogen (secondary N) is 2. The molecular weight excluding hydrogens is 491 g/mol. The Morgan fingerprint density at radius 3 is 2.71 bits per heavy atom. The average molecular weight is 519 g/mol. The molecule has 0 fully saturated rings. The maximum absolute atomic E-state index is 13.9. The van der Waals surface area contributed by atoms with Gasteiger partial charge in [-0.25, -0.2) is 9.37 Å². The van der Waals surface area contributed by atoms with Crippen LogP contribution < -0.4 is 25.5 Å². The lowest BCUT2D eigenvalue weighted by molar-refractivity contribution is -0.111. The summed E-state index contributed by atoms with van der Waals surface area (Å²) < 4.78 is 26.9. The lowest BCUT2D eigenvalue weighted by Gasteiger charge is -2.18. The van der Waals surface area contributed by atoms with Crippen molar-refractivity contribution in [3.63, 3.8) is 0 Å². The van der Waals surface area contributed by atoms with E-state index in [1.165, 1.54) is 37.7 Å². The molecule has 0 radical (unpaired) electrons. The van der Waals surface area contributed by atoms with Gasteiger partial charge in [0, 0.05) is 36.8 Å². The van der Waals surface area contributed by atoms with Crippen LogP contribution in [0.3, 0.4) is 0 Å². The Morgan fingerprint density at radius 1 is 1.18 bits per heavy atom. The van der Waals surface area contributed by atoms with Gasteiger partial charge in [0.25, 0.3) is 0 Å². The van der Waals surface area contributed by atoms with E-state index in [0.29, 0.717) is 41.7 Å². The van der Waals surface area contributed by atoms with Crippen molar-refractivity contribution >= 4 is 34.3 Å². The molecule has 0 aliphatic heterocycles. The summed E-state index contributed by atoms with van der Waals surface area (Å²) in [4.78, 5) is 35.3. The SMILES string of the molecule is C=CC(=O)Nc1cc(Nc2ncc3c(=O)ccn(-c4cccc(F)c4)c3n2)c(OC)cc1OCCN(C)C. The number of hydrogen-bond donors (Lipinski definition) is 2. The van der Waals surface area contributed by atoms with Gasteiger partial charge >= 0.3 is 0 Å². The van der Waals surface area contributed by atoms with E-state index >= 15 is 0 Å². The van der Waals surface area contributed by atoms with Crippen LogP contribution in [-0.2, 0) is 4.79 Å². The van der Waals surface area contributed by atoms with Crippen LogP contribution in [-0.4, -0.2) is 59.7 Å². The predicted octanol–water partition coefficient (Wildman–Crippen LogP) is 3.74. The minimum Gasteiger partial charge on any atom is -0.494 e. The third-order valence-corrected chi connectivity index (χ3v) is 5.51. The van der Waals surface area contributed by atoms with Gasteiger partial charge in [-0.3, -0.25) is 9.59 Å². The molecule has 4 aromatic rings. The number of carbonyl (C=O) groups is 1. The Hall–Kier alpha value is -4.77. The second kappa shape index (κ2) is 11.5. The lowest BCUT2D eigenvalue weighted by Crippen LogP contribution is -2.20. The highest BCUT2D eigenvalue weighted by Crippen LogP contribution is 2.38. The molecule has 1 amide bonds. The zero-order valence-corrected chi connectivity index (χ0v) is 21.2.